The van der Waals surface area contributed by atoms with Gasteiger partial charge in [-0.15, -0.1) is 0 Å². The molecule has 1 aliphatic heterocycles. The Bertz CT molecular complexity index is 176. The maximum absolute atomic E-state index is 11.4. The van der Waals surface area contributed by atoms with E-state index in [0.717, 1.165) is 13.1 Å². The molecule has 1 fully saturated rings. The molecule has 0 bridgehead atoms. The molecule has 0 spiro atoms. The molecule has 1 amide bonds. The summed E-state index contributed by atoms with van der Waals surface area (Å²) in [6.07, 6.45) is 0.704. The van der Waals surface area contributed by atoms with Gasteiger partial charge in [0, 0.05) is 19.5 Å². The van der Waals surface area contributed by atoms with Gasteiger partial charge in [-0.3, -0.25) is 4.79 Å². The van der Waals surface area contributed by atoms with Crippen LogP contribution in [0.5, 0.6) is 0 Å². The molecule has 1 saturated heterocycles. The van der Waals surface area contributed by atoms with Crippen LogP contribution in [0.25, 0.3) is 0 Å². The molecule has 0 atom stereocenters. The standard InChI is InChI=1S/C10H19NO/c1-8(2)5-9(12)11-6-10(3,4)7-11/h8H,5-7H2,1-4H3. The minimum Gasteiger partial charge on any atom is -0.341 e. The highest BCUT2D eigenvalue weighted by atomic mass is 16.2. The van der Waals surface area contributed by atoms with E-state index in [1.54, 1.807) is 0 Å². The zero-order valence-corrected chi connectivity index (χ0v) is 8.55. The number of likely N-dealkylation sites (tertiary alicyclic amines) is 1. The van der Waals surface area contributed by atoms with Crippen molar-refractivity contribution in [2.45, 2.75) is 34.1 Å². The summed E-state index contributed by atoms with van der Waals surface area (Å²) in [7, 11) is 0. The molecule has 0 aromatic rings. The summed E-state index contributed by atoms with van der Waals surface area (Å²) in [6.45, 7) is 10.5. The van der Waals surface area contributed by atoms with Gasteiger partial charge in [-0.25, -0.2) is 0 Å². The van der Waals surface area contributed by atoms with Crippen LogP contribution < -0.4 is 0 Å². The van der Waals surface area contributed by atoms with Crippen molar-refractivity contribution in [2.75, 3.05) is 13.1 Å². The van der Waals surface area contributed by atoms with E-state index < -0.39 is 0 Å². The monoisotopic (exact) mass is 169 g/mol. The average Bonchev–Trinajstić information content (AvgIpc) is 1.80. The van der Waals surface area contributed by atoms with Gasteiger partial charge in [0.25, 0.3) is 0 Å². The van der Waals surface area contributed by atoms with E-state index in [0.29, 0.717) is 23.7 Å². The van der Waals surface area contributed by atoms with Gasteiger partial charge >= 0.3 is 0 Å². The Morgan fingerprint density at radius 2 is 1.92 bits per heavy atom. The first kappa shape index (κ1) is 9.56. The Morgan fingerprint density at radius 3 is 2.25 bits per heavy atom. The molecule has 0 radical (unpaired) electrons. The smallest absolute Gasteiger partial charge is 0.222 e. The normalized spacial score (nSPS) is 20.9. The molecule has 2 heteroatoms. The lowest BCUT2D eigenvalue weighted by Crippen LogP contribution is -2.55. The third-order valence-corrected chi connectivity index (χ3v) is 2.17. The highest BCUT2D eigenvalue weighted by molar-refractivity contribution is 5.77. The first-order valence-corrected chi connectivity index (χ1v) is 4.68. The Morgan fingerprint density at radius 1 is 1.42 bits per heavy atom. The van der Waals surface area contributed by atoms with Crippen LogP contribution in [0.3, 0.4) is 0 Å². The molecule has 0 aliphatic carbocycles. The molecule has 2 nitrogen and oxygen atoms in total. The summed E-state index contributed by atoms with van der Waals surface area (Å²) in [5, 5.41) is 0. The number of carbonyl (C=O) groups is 1. The van der Waals surface area contributed by atoms with Gasteiger partial charge in [0.2, 0.25) is 5.91 Å². The highest BCUT2D eigenvalue weighted by Gasteiger charge is 2.36. The minimum absolute atomic E-state index is 0.323. The summed E-state index contributed by atoms with van der Waals surface area (Å²) in [5.74, 6) is 0.811. The minimum atomic E-state index is 0.323. The number of rotatable bonds is 2. The Kier molecular flexibility index (Phi) is 2.45. The van der Waals surface area contributed by atoms with Crippen molar-refractivity contribution in [2.24, 2.45) is 11.3 Å². The molecule has 0 unspecified atom stereocenters. The fraction of sp³-hybridized carbons (Fsp3) is 0.900. The van der Waals surface area contributed by atoms with Gasteiger partial charge in [0.15, 0.2) is 0 Å². The largest absolute Gasteiger partial charge is 0.341 e. The maximum Gasteiger partial charge on any atom is 0.222 e. The molecule has 12 heavy (non-hydrogen) atoms. The van der Waals surface area contributed by atoms with Gasteiger partial charge in [-0.05, 0) is 11.3 Å². The maximum atomic E-state index is 11.4. The quantitative estimate of drug-likeness (QED) is 0.618. The van der Waals surface area contributed by atoms with Crippen molar-refractivity contribution in [1.29, 1.82) is 0 Å². The first-order valence-electron chi connectivity index (χ1n) is 4.68. The molecule has 0 N–H and O–H groups in total. The number of hydrogen-bond donors (Lipinski definition) is 0. The van der Waals surface area contributed by atoms with Crippen molar-refractivity contribution >= 4 is 5.91 Å². The summed E-state index contributed by atoms with van der Waals surface area (Å²) in [5.41, 5.74) is 0.368. The second-order valence-corrected chi connectivity index (χ2v) is 5.01. The van der Waals surface area contributed by atoms with E-state index in [4.69, 9.17) is 0 Å². The van der Waals surface area contributed by atoms with E-state index in [-0.39, 0.29) is 0 Å². The first-order chi connectivity index (χ1) is 5.41. The van der Waals surface area contributed by atoms with Crippen LogP contribution in [0, 0.1) is 11.3 Å². The van der Waals surface area contributed by atoms with Gasteiger partial charge < -0.3 is 4.90 Å². The Hall–Kier alpha value is -0.530. The number of carbonyl (C=O) groups excluding carboxylic acids is 1. The second kappa shape index (κ2) is 3.08. The van der Waals surface area contributed by atoms with Crippen LogP contribution in [0.15, 0.2) is 0 Å². The topological polar surface area (TPSA) is 20.3 Å². The van der Waals surface area contributed by atoms with Gasteiger partial charge in [-0.1, -0.05) is 27.7 Å². The van der Waals surface area contributed by atoms with Gasteiger partial charge in [0.1, 0.15) is 0 Å². The molecule has 0 aromatic heterocycles. The zero-order chi connectivity index (χ0) is 9.35. The Balaban J connectivity index is 2.29. The van der Waals surface area contributed by atoms with Gasteiger partial charge in [-0.2, -0.15) is 0 Å². The Labute approximate surface area is 74.9 Å². The van der Waals surface area contributed by atoms with Crippen LogP contribution >= 0.6 is 0 Å². The SMILES string of the molecule is CC(C)CC(=O)N1CC(C)(C)C1. The molecular weight excluding hydrogens is 150 g/mol. The summed E-state index contributed by atoms with van der Waals surface area (Å²) < 4.78 is 0. The molecular formula is C10H19NO. The molecule has 1 aliphatic rings. The molecule has 1 rings (SSSR count). The van der Waals surface area contributed by atoms with E-state index in [1.807, 2.05) is 4.90 Å². The van der Waals surface area contributed by atoms with Crippen molar-refractivity contribution in [3.63, 3.8) is 0 Å². The van der Waals surface area contributed by atoms with Crippen LogP contribution in [0.1, 0.15) is 34.1 Å². The molecule has 0 aromatic carbocycles. The molecule has 70 valence electrons. The lowest BCUT2D eigenvalue weighted by Gasteiger charge is -2.46. The predicted octanol–water partition coefficient (Wildman–Crippen LogP) is 1.90. The van der Waals surface area contributed by atoms with E-state index in [9.17, 15) is 4.79 Å². The third-order valence-electron chi connectivity index (χ3n) is 2.17. The van der Waals surface area contributed by atoms with Crippen molar-refractivity contribution in [1.82, 2.24) is 4.90 Å². The van der Waals surface area contributed by atoms with Gasteiger partial charge in [0.05, 0.1) is 0 Å². The van der Waals surface area contributed by atoms with E-state index in [1.165, 1.54) is 0 Å². The number of hydrogen-bond acceptors (Lipinski definition) is 1. The van der Waals surface area contributed by atoms with Crippen molar-refractivity contribution < 1.29 is 4.79 Å². The summed E-state index contributed by atoms with van der Waals surface area (Å²) >= 11 is 0. The van der Waals surface area contributed by atoms with E-state index >= 15 is 0 Å². The number of amides is 1. The second-order valence-electron chi connectivity index (χ2n) is 5.01. The number of nitrogens with zero attached hydrogens (tertiary/aromatic N) is 1. The fourth-order valence-electron chi connectivity index (χ4n) is 1.64. The molecule has 1 heterocycles. The van der Waals surface area contributed by atoms with Crippen LogP contribution in [0.2, 0.25) is 0 Å². The summed E-state index contributed by atoms with van der Waals surface area (Å²) in [6, 6.07) is 0. The zero-order valence-electron chi connectivity index (χ0n) is 8.55. The predicted molar refractivity (Wildman–Crippen MR) is 49.8 cm³/mol. The van der Waals surface area contributed by atoms with Crippen LogP contribution in [0.4, 0.5) is 0 Å². The molecule has 0 saturated carbocycles. The fourth-order valence-corrected chi connectivity index (χ4v) is 1.64. The highest BCUT2D eigenvalue weighted by Crippen LogP contribution is 2.29. The van der Waals surface area contributed by atoms with Crippen molar-refractivity contribution in [3.8, 4) is 0 Å². The third kappa shape index (κ3) is 2.23. The van der Waals surface area contributed by atoms with Crippen LogP contribution in [-0.2, 0) is 4.79 Å². The lowest BCUT2D eigenvalue weighted by atomic mass is 9.84. The summed E-state index contributed by atoms with van der Waals surface area (Å²) in [4.78, 5) is 13.4. The lowest BCUT2D eigenvalue weighted by molar-refractivity contribution is -0.142. The average molecular weight is 169 g/mol. The van der Waals surface area contributed by atoms with Crippen molar-refractivity contribution in [3.05, 3.63) is 0 Å². The van der Waals surface area contributed by atoms with E-state index in [2.05, 4.69) is 27.7 Å². The van der Waals surface area contributed by atoms with Crippen LogP contribution in [-0.4, -0.2) is 23.9 Å².